The third kappa shape index (κ3) is 3.37. The highest BCUT2D eigenvalue weighted by molar-refractivity contribution is 5.14. The van der Waals surface area contributed by atoms with Crippen LogP contribution in [0.4, 0.5) is 0 Å². The minimum Gasteiger partial charge on any atom is -0.198 e. The van der Waals surface area contributed by atoms with Crippen LogP contribution in [0.15, 0.2) is 13.2 Å². The Morgan fingerprint density at radius 1 is 1.00 bits per heavy atom. The molecule has 0 aromatic heterocycles. The van der Waals surface area contributed by atoms with Crippen molar-refractivity contribution in [2.45, 2.75) is 85.0 Å². The van der Waals surface area contributed by atoms with Gasteiger partial charge in [0.05, 0.1) is 12.0 Å². The Hall–Kier alpha value is -1.21. The first-order valence-electron chi connectivity index (χ1n) is 11.3. The van der Waals surface area contributed by atoms with Crippen LogP contribution in [0.5, 0.6) is 0 Å². The lowest BCUT2D eigenvalue weighted by atomic mass is 9.42. The molecule has 0 aromatic rings. The molecule has 8 unspecified atom stereocenters. The van der Waals surface area contributed by atoms with E-state index < -0.39 is 0 Å². The number of hydrogen-bond donors (Lipinski definition) is 0. The van der Waals surface area contributed by atoms with Crippen molar-refractivity contribution < 1.29 is 0 Å². The molecule has 0 aromatic carbocycles. The molecule has 0 aliphatic heterocycles. The second-order valence-corrected chi connectivity index (χ2v) is 9.96. The van der Waals surface area contributed by atoms with E-state index in [1.165, 1.54) is 64.2 Å². The molecular formula is C26H41N. The maximum Gasteiger partial charge on any atom is 0.0661 e. The van der Waals surface area contributed by atoms with E-state index in [0.29, 0.717) is 16.7 Å². The molecule has 0 amide bonds. The Labute approximate surface area is 169 Å². The van der Waals surface area contributed by atoms with Crippen LogP contribution in [0.25, 0.3) is 0 Å². The lowest BCUT2D eigenvalue weighted by Crippen LogP contribution is -2.56. The molecule has 150 valence electrons. The predicted octanol–water partition coefficient (Wildman–Crippen LogP) is 7.25. The zero-order chi connectivity index (χ0) is 20.2. The molecular weight excluding hydrogens is 326 g/mol. The number of fused-ring (bicyclic) bond motifs is 5. The summed E-state index contributed by atoms with van der Waals surface area (Å²) in [7, 11) is 0. The van der Waals surface area contributed by atoms with Crippen molar-refractivity contribution >= 4 is 0 Å². The SMILES string of the molecule is C#C.C=C.CCC1CC2(C)C(C#N)CCC2C2CCC3CCCCC3(C)C12. The minimum atomic E-state index is 0.328. The van der Waals surface area contributed by atoms with E-state index in [1.54, 1.807) is 0 Å². The Morgan fingerprint density at radius 2 is 1.70 bits per heavy atom. The van der Waals surface area contributed by atoms with Crippen LogP contribution in [-0.4, -0.2) is 0 Å². The minimum absolute atomic E-state index is 0.328. The molecule has 4 aliphatic carbocycles. The molecule has 27 heavy (non-hydrogen) atoms. The molecule has 0 N–H and O–H groups in total. The standard InChI is InChI=1S/C22H35N.C2H4.C2H2/c1-4-15-13-22(3)17(14-23)9-11-19(22)18-10-8-16-7-5-6-12-21(16,2)20(15)18;2*1-2/h15-20H,4-13H2,1-3H3;1-2H2;1-2H. The molecule has 1 nitrogen and oxygen atoms in total. The smallest absolute Gasteiger partial charge is 0.0661 e. The van der Waals surface area contributed by atoms with Gasteiger partial charge in [0.1, 0.15) is 0 Å². The average molecular weight is 368 g/mol. The number of rotatable bonds is 1. The van der Waals surface area contributed by atoms with Gasteiger partial charge in [0.15, 0.2) is 0 Å². The Morgan fingerprint density at radius 3 is 2.33 bits per heavy atom. The van der Waals surface area contributed by atoms with Crippen LogP contribution in [0, 0.1) is 70.5 Å². The monoisotopic (exact) mass is 367 g/mol. The van der Waals surface area contributed by atoms with Gasteiger partial charge in [-0.05, 0) is 85.4 Å². The third-order valence-electron chi connectivity index (χ3n) is 9.34. The summed E-state index contributed by atoms with van der Waals surface area (Å²) in [5, 5.41) is 9.71. The van der Waals surface area contributed by atoms with E-state index >= 15 is 0 Å². The Balaban J connectivity index is 0.000000614. The van der Waals surface area contributed by atoms with Crippen molar-refractivity contribution in [3.8, 4) is 18.9 Å². The fourth-order valence-electron chi connectivity index (χ4n) is 8.31. The zero-order valence-electron chi connectivity index (χ0n) is 18.1. The molecule has 0 radical (unpaired) electrons. The maximum absolute atomic E-state index is 9.71. The van der Waals surface area contributed by atoms with E-state index in [9.17, 15) is 5.26 Å². The van der Waals surface area contributed by atoms with E-state index in [2.05, 4.69) is 52.8 Å². The summed E-state index contributed by atoms with van der Waals surface area (Å²) in [5.74, 6) is 4.95. The molecule has 4 saturated carbocycles. The highest BCUT2D eigenvalue weighted by Crippen LogP contribution is 2.69. The first-order valence-corrected chi connectivity index (χ1v) is 11.3. The predicted molar refractivity (Wildman–Crippen MR) is 116 cm³/mol. The zero-order valence-corrected chi connectivity index (χ0v) is 18.1. The van der Waals surface area contributed by atoms with Crippen molar-refractivity contribution in [3.05, 3.63) is 13.2 Å². The first-order chi connectivity index (χ1) is 13.0. The fourth-order valence-corrected chi connectivity index (χ4v) is 8.31. The Kier molecular flexibility index (Phi) is 7.25. The number of hydrogen-bond acceptors (Lipinski definition) is 1. The normalized spacial score (nSPS) is 47.4. The summed E-state index contributed by atoms with van der Waals surface area (Å²) < 4.78 is 0. The van der Waals surface area contributed by atoms with Gasteiger partial charge in [-0.1, -0.05) is 40.0 Å². The lowest BCUT2D eigenvalue weighted by Gasteiger charge is -2.63. The molecule has 1 heteroatoms. The van der Waals surface area contributed by atoms with E-state index in [-0.39, 0.29) is 0 Å². The lowest BCUT2D eigenvalue weighted by molar-refractivity contribution is -0.139. The number of terminal acetylenes is 1. The van der Waals surface area contributed by atoms with Gasteiger partial charge in [-0.2, -0.15) is 5.26 Å². The maximum atomic E-state index is 9.71. The van der Waals surface area contributed by atoms with Crippen LogP contribution in [0.3, 0.4) is 0 Å². The van der Waals surface area contributed by atoms with Gasteiger partial charge >= 0.3 is 0 Å². The highest BCUT2D eigenvalue weighted by Gasteiger charge is 2.62. The van der Waals surface area contributed by atoms with Crippen molar-refractivity contribution in [1.29, 1.82) is 5.26 Å². The van der Waals surface area contributed by atoms with Crippen molar-refractivity contribution in [2.75, 3.05) is 0 Å². The first kappa shape index (κ1) is 22.1. The van der Waals surface area contributed by atoms with Gasteiger partial charge in [-0.15, -0.1) is 26.0 Å². The van der Waals surface area contributed by atoms with Crippen LogP contribution >= 0.6 is 0 Å². The second-order valence-electron chi connectivity index (χ2n) is 9.96. The quantitative estimate of drug-likeness (QED) is 0.354. The van der Waals surface area contributed by atoms with Crippen molar-refractivity contribution in [2.24, 2.45) is 46.3 Å². The molecule has 0 saturated heterocycles. The molecule has 8 atom stereocenters. The topological polar surface area (TPSA) is 23.8 Å². The van der Waals surface area contributed by atoms with Crippen LogP contribution in [0.2, 0.25) is 0 Å². The van der Waals surface area contributed by atoms with Gasteiger partial charge in [0.2, 0.25) is 0 Å². The average Bonchev–Trinajstić information content (AvgIpc) is 3.05. The molecule has 4 aliphatic rings. The van der Waals surface area contributed by atoms with Crippen LogP contribution in [0.1, 0.15) is 85.0 Å². The van der Waals surface area contributed by atoms with Gasteiger partial charge in [0.25, 0.3) is 0 Å². The molecule has 0 heterocycles. The summed E-state index contributed by atoms with van der Waals surface area (Å²) in [6, 6.07) is 2.71. The van der Waals surface area contributed by atoms with Gasteiger partial charge < -0.3 is 0 Å². The van der Waals surface area contributed by atoms with Crippen LogP contribution < -0.4 is 0 Å². The van der Waals surface area contributed by atoms with Crippen molar-refractivity contribution in [1.82, 2.24) is 0 Å². The van der Waals surface area contributed by atoms with Gasteiger partial charge in [0, 0.05) is 0 Å². The summed E-state index contributed by atoms with van der Waals surface area (Å²) in [6.07, 6.45) is 22.1. The highest BCUT2D eigenvalue weighted by atomic mass is 14.7. The summed E-state index contributed by atoms with van der Waals surface area (Å²) in [4.78, 5) is 0. The van der Waals surface area contributed by atoms with Gasteiger partial charge in [-0.3, -0.25) is 0 Å². The molecule has 4 fully saturated rings. The summed E-state index contributed by atoms with van der Waals surface area (Å²) >= 11 is 0. The van der Waals surface area contributed by atoms with E-state index in [1.807, 2.05) is 0 Å². The Bertz CT molecular complexity index is 556. The fraction of sp³-hybridized carbons (Fsp3) is 0.808. The van der Waals surface area contributed by atoms with Gasteiger partial charge in [-0.25, -0.2) is 0 Å². The molecule has 0 spiro atoms. The number of nitrogens with zero attached hydrogens (tertiary/aromatic N) is 1. The van der Waals surface area contributed by atoms with E-state index in [0.717, 1.165) is 29.6 Å². The van der Waals surface area contributed by atoms with E-state index in [4.69, 9.17) is 0 Å². The van der Waals surface area contributed by atoms with Crippen LogP contribution in [-0.2, 0) is 0 Å². The summed E-state index contributed by atoms with van der Waals surface area (Å²) in [5.41, 5.74) is 0.947. The molecule has 4 rings (SSSR count). The second kappa shape index (κ2) is 8.86. The largest absolute Gasteiger partial charge is 0.198 e. The summed E-state index contributed by atoms with van der Waals surface area (Å²) in [6.45, 7) is 13.6. The van der Waals surface area contributed by atoms with Crippen molar-refractivity contribution in [3.63, 3.8) is 0 Å². The number of nitriles is 1. The third-order valence-corrected chi connectivity index (χ3v) is 9.34. The molecule has 0 bridgehead atoms.